The maximum absolute atomic E-state index is 12.6. The van der Waals surface area contributed by atoms with Crippen LogP contribution in [0.25, 0.3) is 21.3 Å². The summed E-state index contributed by atoms with van der Waals surface area (Å²) < 4.78 is 33.2. The monoisotopic (exact) mass is 504 g/mol. The van der Waals surface area contributed by atoms with E-state index in [-0.39, 0.29) is 10.8 Å². The number of hydrogen-bond donors (Lipinski definition) is 2. The van der Waals surface area contributed by atoms with E-state index in [9.17, 15) is 8.42 Å². The van der Waals surface area contributed by atoms with Crippen molar-refractivity contribution in [3.63, 3.8) is 0 Å². The second-order valence-corrected chi connectivity index (χ2v) is 9.88. The fourth-order valence-electron chi connectivity index (χ4n) is 3.46. The Morgan fingerprint density at radius 2 is 1.69 bits per heavy atom. The van der Waals surface area contributed by atoms with E-state index in [4.69, 9.17) is 4.74 Å². The zero-order valence-corrected chi connectivity index (χ0v) is 20.2. The lowest BCUT2D eigenvalue weighted by Crippen LogP contribution is -2.14. The molecule has 0 fully saturated rings. The number of nitrogens with one attached hydrogen (secondary N) is 2. The van der Waals surface area contributed by atoms with Crippen molar-refractivity contribution < 1.29 is 13.2 Å². The van der Waals surface area contributed by atoms with Crippen LogP contribution in [0, 0.1) is 0 Å². The molecule has 5 rings (SSSR count). The normalized spacial score (nSPS) is 11.3. The predicted molar refractivity (Wildman–Crippen MR) is 137 cm³/mol. The van der Waals surface area contributed by atoms with Gasteiger partial charge in [-0.1, -0.05) is 12.1 Å². The SMILES string of the molecule is CCOc1ccc(-c2csc3ncnc(Nc4ccc(S(=O)(=O)Nc5ncccn5)cc4)c23)cc1. The first kappa shape index (κ1) is 22.7. The van der Waals surface area contributed by atoms with E-state index in [1.54, 1.807) is 18.2 Å². The van der Waals surface area contributed by atoms with Gasteiger partial charge in [0, 0.05) is 29.0 Å². The average Bonchev–Trinajstić information content (AvgIpc) is 3.31. The van der Waals surface area contributed by atoms with Crippen molar-refractivity contribution in [1.29, 1.82) is 0 Å². The lowest BCUT2D eigenvalue weighted by Gasteiger charge is -2.10. The highest BCUT2D eigenvalue weighted by Gasteiger charge is 2.17. The summed E-state index contributed by atoms with van der Waals surface area (Å²) in [5, 5.41) is 6.23. The number of hydrogen-bond acceptors (Lipinski definition) is 9. The van der Waals surface area contributed by atoms with Gasteiger partial charge in [-0.3, -0.25) is 0 Å². The van der Waals surface area contributed by atoms with Crippen LogP contribution in [0.5, 0.6) is 5.75 Å². The van der Waals surface area contributed by atoms with Crippen LogP contribution in [-0.2, 0) is 10.0 Å². The van der Waals surface area contributed by atoms with E-state index in [0.717, 1.165) is 27.1 Å². The molecule has 2 N–H and O–H groups in total. The van der Waals surface area contributed by atoms with Crippen LogP contribution in [0.3, 0.4) is 0 Å². The fourth-order valence-corrected chi connectivity index (χ4v) is 5.34. The highest BCUT2D eigenvalue weighted by atomic mass is 32.2. The van der Waals surface area contributed by atoms with Crippen molar-refractivity contribution >= 4 is 49.0 Å². The maximum Gasteiger partial charge on any atom is 0.264 e. The Labute approximate surface area is 206 Å². The van der Waals surface area contributed by atoms with Gasteiger partial charge >= 0.3 is 0 Å². The summed E-state index contributed by atoms with van der Waals surface area (Å²) in [6.07, 6.45) is 4.43. The van der Waals surface area contributed by atoms with E-state index in [2.05, 4.69) is 30.0 Å². The number of thiophene rings is 1. The fraction of sp³-hybridized carbons (Fsp3) is 0.0833. The summed E-state index contributed by atoms with van der Waals surface area (Å²) >= 11 is 1.53. The molecule has 0 bridgehead atoms. The Bertz CT molecular complexity index is 1560. The Kier molecular flexibility index (Phi) is 6.25. The molecule has 0 saturated heterocycles. The first-order valence-electron chi connectivity index (χ1n) is 10.7. The predicted octanol–water partition coefficient (Wildman–Crippen LogP) is 5.09. The van der Waals surface area contributed by atoms with Crippen LogP contribution < -0.4 is 14.8 Å². The summed E-state index contributed by atoms with van der Waals surface area (Å²) in [7, 11) is -3.82. The molecule has 11 heteroatoms. The molecule has 9 nitrogen and oxygen atoms in total. The van der Waals surface area contributed by atoms with Crippen molar-refractivity contribution in [2.24, 2.45) is 0 Å². The summed E-state index contributed by atoms with van der Waals surface area (Å²) in [5.41, 5.74) is 2.71. The van der Waals surface area contributed by atoms with Crippen molar-refractivity contribution in [3.05, 3.63) is 78.7 Å². The van der Waals surface area contributed by atoms with Crippen molar-refractivity contribution in [2.45, 2.75) is 11.8 Å². The molecule has 35 heavy (non-hydrogen) atoms. The molecule has 0 aliphatic carbocycles. The van der Waals surface area contributed by atoms with Crippen LogP contribution in [0.1, 0.15) is 6.92 Å². The van der Waals surface area contributed by atoms with Gasteiger partial charge < -0.3 is 10.1 Å². The number of benzene rings is 2. The van der Waals surface area contributed by atoms with E-state index >= 15 is 0 Å². The molecular weight excluding hydrogens is 484 g/mol. The second kappa shape index (κ2) is 9.65. The van der Waals surface area contributed by atoms with Crippen molar-refractivity contribution in [1.82, 2.24) is 19.9 Å². The number of ether oxygens (including phenoxy) is 1. The minimum atomic E-state index is -3.82. The molecule has 5 aromatic rings. The van der Waals surface area contributed by atoms with Crippen LogP contribution in [-0.4, -0.2) is 35.0 Å². The molecule has 176 valence electrons. The van der Waals surface area contributed by atoms with Crippen LogP contribution in [0.2, 0.25) is 0 Å². The zero-order valence-electron chi connectivity index (χ0n) is 18.5. The van der Waals surface area contributed by atoms with Gasteiger partial charge in [-0.2, -0.15) is 0 Å². The van der Waals surface area contributed by atoms with Gasteiger partial charge in [0.15, 0.2) is 0 Å². The molecule has 0 saturated carbocycles. The van der Waals surface area contributed by atoms with Crippen molar-refractivity contribution in [2.75, 3.05) is 16.6 Å². The number of anilines is 3. The van der Waals surface area contributed by atoms with E-state index in [1.807, 2.05) is 36.6 Å². The van der Waals surface area contributed by atoms with Gasteiger partial charge in [-0.05, 0) is 55.0 Å². The van der Waals surface area contributed by atoms with Crippen LogP contribution >= 0.6 is 11.3 Å². The molecule has 0 unspecified atom stereocenters. The molecule has 0 atom stereocenters. The highest BCUT2D eigenvalue weighted by molar-refractivity contribution is 7.92. The molecule has 2 aromatic carbocycles. The number of sulfonamides is 1. The molecule has 0 spiro atoms. The van der Waals surface area contributed by atoms with Gasteiger partial charge in [0.2, 0.25) is 5.95 Å². The Morgan fingerprint density at radius 1 is 0.943 bits per heavy atom. The standard InChI is InChI=1S/C24H20N6O3S2/c1-2-33-18-8-4-16(5-9-18)20-14-34-23-21(20)22(27-15-28-23)29-17-6-10-19(11-7-17)35(31,32)30-24-25-12-3-13-26-24/h3-15H,2H2,1H3,(H,25,26,30)(H,27,28,29). The summed E-state index contributed by atoms with van der Waals surface area (Å²) in [5.74, 6) is 1.46. The summed E-state index contributed by atoms with van der Waals surface area (Å²) in [6, 6.07) is 15.9. The maximum atomic E-state index is 12.6. The lowest BCUT2D eigenvalue weighted by molar-refractivity contribution is 0.340. The van der Waals surface area contributed by atoms with E-state index in [0.29, 0.717) is 18.1 Å². The third kappa shape index (κ3) is 4.91. The third-order valence-electron chi connectivity index (χ3n) is 5.07. The zero-order chi connectivity index (χ0) is 24.3. The van der Waals surface area contributed by atoms with Crippen LogP contribution in [0.15, 0.2) is 83.6 Å². The topological polar surface area (TPSA) is 119 Å². The Morgan fingerprint density at radius 3 is 2.40 bits per heavy atom. The Hall–Kier alpha value is -4.09. The smallest absolute Gasteiger partial charge is 0.264 e. The number of rotatable bonds is 8. The Balaban J connectivity index is 1.41. The second-order valence-electron chi connectivity index (χ2n) is 7.34. The largest absolute Gasteiger partial charge is 0.494 e. The summed E-state index contributed by atoms with van der Waals surface area (Å²) in [6.45, 7) is 2.56. The first-order chi connectivity index (χ1) is 17.0. The number of fused-ring (bicyclic) bond motifs is 1. The van der Waals surface area contributed by atoms with Gasteiger partial charge in [0.25, 0.3) is 10.0 Å². The molecule has 0 aliphatic rings. The average molecular weight is 505 g/mol. The van der Waals surface area contributed by atoms with Gasteiger partial charge in [-0.25, -0.2) is 33.1 Å². The van der Waals surface area contributed by atoms with Crippen LogP contribution in [0.4, 0.5) is 17.5 Å². The molecule has 3 heterocycles. The minimum absolute atomic E-state index is 0.0114. The quantitative estimate of drug-likeness (QED) is 0.300. The summed E-state index contributed by atoms with van der Waals surface area (Å²) in [4.78, 5) is 17.6. The number of nitrogens with zero attached hydrogens (tertiary/aromatic N) is 4. The molecule has 3 aromatic heterocycles. The first-order valence-corrected chi connectivity index (χ1v) is 13.0. The van der Waals surface area contributed by atoms with E-state index < -0.39 is 10.0 Å². The van der Waals surface area contributed by atoms with E-state index in [1.165, 1.54) is 42.2 Å². The van der Waals surface area contributed by atoms with Gasteiger partial charge in [0.05, 0.1) is 16.9 Å². The molecular formula is C24H20N6O3S2. The highest BCUT2D eigenvalue weighted by Crippen LogP contribution is 2.38. The van der Waals surface area contributed by atoms with Gasteiger partial charge in [0.1, 0.15) is 22.7 Å². The molecule has 0 aliphatic heterocycles. The molecule has 0 amide bonds. The van der Waals surface area contributed by atoms with Crippen molar-refractivity contribution in [3.8, 4) is 16.9 Å². The third-order valence-corrected chi connectivity index (χ3v) is 7.30. The van der Waals surface area contributed by atoms with Gasteiger partial charge in [-0.15, -0.1) is 11.3 Å². The molecule has 0 radical (unpaired) electrons. The lowest BCUT2D eigenvalue weighted by atomic mass is 10.1. The number of aromatic nitrogens is 4. The minimum Gasteiger partial charge on any atom is -0.494 e.